The summed E-state index contributed by atoms with van der Waals surface area (Å²) in [6.45, 7) is 3.51. The van der Waals surface area contributed by atoms with Gasteiger partial charge in [0.2, 0.25) is 0 Å². The topological polar surface area (TPSA) is 89.1 Å². The molecule has 182 valence electrons. The Morgan fingerprint density at radius 2 is 2.03 bits per heavy atom. The Labute approximate surface area is 206 Å². The fourth-order valence-corrected chi connectivity index (χ4v) is 5.27. The average Bonchev–Trinajstić information content (AvgIpc) is 3.55. The second-order valence-electron chi connectivity index (χ2n) is 9.49. The molecule has 1 saturated heterocycles. The minimum absolute atomic E-state index is 0.139. The van der Waals surface area contributed by atoms with Crippen LogP contribution in [0.3, 0.4) is 0 Å². The molecule has 6 rings (SSSR count). The number of anilines is 1. The van der Waals surface area contributed by atoms with Gasteiger partial charge in [0.25, 0.3) is 0 Å². The molecule has 1 aliphatic rings. The first-order chi connectivity index (χ1) is 17.4. The van der Waals surface area contributed by atoms with Crippen molar-refractivity contribution >= 4 is 33.6 Å². The number of halogens is 1. The third kappa shape index (κ3) is 3.77. The SMILES string of the molecule is Cc1cccc2c(-c3cc(F)cc4nn(C)cc34)nn(-c3ccc(N4CC[C@@H](CC(=O)O)C4)nc3)c12. The van der Waals surface area contributed by atoms with Gasteiger partial charge in [0.05, 0.1) is 22.9 Å². The molecular formula is C27H25FN6O2. The number of aryl methyl sites for hydroxylation is 2. The molecule has 36 heavy (non-hydrogen) atoms. The summed E-state index contributed by atoms with van der Waals surface area (Å²) >= 11 is 0. The van der Waals surface area contributed by atoms with E-state index in [9.17, 15) is 9.18 Å². The molecule has 2 aromatic carbocycles. The number of carbonyl (C=O) groups is 1. The predicted molar refractivity (Wildman–Crippen MR) is 136 cm³/mol. The van der Waals surface area contributed by atoms with Crippen molar-refractivity contribution in [2.45, 2.75) is 19.8 Å². The Bertz CT molecular complexity index is 1620. The molecule has 4 heterocycles. The summed E-state index contributed by atoms with van der Waals surface area (Å²) in [5.74, 6) is -0.157. The van der Waals surface area contributed by atoms with Crippen molar-refractivity contribution in [2.24, 2.45) is 13.0 Å². The zero-order valence-corrected chi connectivity index (χ0v) is 20.0. The maximum absolute atomic E-state index is 14.6. The highest BCUT2D eigenvalue weighted by Crippen LogP contribution is 2.36. The van der Waals surface area contributed by atoms with Crippen molar-refractivity contribution in [3.63, 3.8) is 0 Å². The van der Waals surface area contributed by atoms with Gasteiger partial charge in [0.15, 0.2) is 0 Å². The molecule has 1 atom stereocenters. The molecule has 3 aromatic heterocycles. The van der Waals surface area contributed by atoms with E-state index in [1.165, 1.54) is 12.1 Å². The van der Waals surface area contributed by atoms with E-state index in [-0.39, 0.29) is 18.2 Å². The Kier molecular flexibility index (Phi) is 5.21. The fourth-order valence-electron chi connectivity index (χ4n) is 5.27. The summed E-state index contributed by atoms with van der Waals surface area (Å²) in [7, 11) is 1.82. The lowest BCUT2D eigenvalue weighted by Crippen LogP contribution is -2.21. The number of pyridine rings is 1. The number of para-hydroxylation sites is 1. The van der Waals surface area contributed by atoms with Crippen molar-refractivity contribution in [2.75, 3.05) is 18.0 Å². The Morgan fingerprint density at radius 1 is 1.17 bits per heavy atom. The predicted octanol–water partition coefficient (Wildman–Crippen LogP) is 4.72. The van der Waals surface area contributed by atoms with Crippen LogP contribution in [0.15, 0.2) is 54.9 Å². The molecule has 5 aromatic rings. The Morgan fingerprint density at radius 3 is 2.81 bits per heavy atom. The Balaban J connectivity index is 1.43. The van der Waals surface area contributed by atoms with Gasteiger partial charge in [0, 0.05) is 55.2 Å². The number of benzene rings is 2. The summed E-state index contributed by atoms with van der Waals surface area (Å²) in [6.07, 6.45) is 4.70. The number of aliphatic carboxylic acids is 1. The maximum Gasteiger partial charge on any atom is 0.303 e. The molecule has 0 aliphatic carbocycles. The monoisotopic (exact) mass is 484 g/mol. The molecule has 0 unspecified atom stereocenters. The normalized spacial score (nSPS) is 15.9. The standard InChI is InChI=1S/C27H25FN6O2/c1-16-4-3-5-20-26(21-11-18(28)12-23-22(21)15-32(2)30-23)31-34(27(16)20)19-6-7-24(29-13-19)33-9-8-17(14-33)10-25(35)36/h3-7,11-13,15,17H,8-10,14H2,1-2H3,(H,35,36)/t17-/m0/s1. The number of aromatic nitrogens is 5. The third-order valence-corrected chi connectivity index (χ3v) is 6.91. The van der Waals surface area contributed by atoms with Gasteiger partial charge in [-0.3, -0.25) is 9.48 Å². The van der Waals surface area contributed by atoms with Gasteiger partial charge in [-0.05, 0) is 43.0 Å². The van der Waals surface area contributed by atoms with Crippen LogP contribution < -0.4 is 4.90 Å². The van der Waals surface area contributed by atoms with Gasteiger partial charge in [-0.15, -0.1) is 0 Å². The lowest BCUT2D eigenvalue weighted by atomic mass is 10.0. The zero-order chi connectivity index (χ0) is 25.0. The quantitative estimate of drug-likeness (QED) is 0.388. The van der Waals surface area contributed by atoms with E-state index in [4.69, 9.17) is 10.2 Å². The second kappa shape index (κ2) is 8.44. The van der Waals surface area contributed by atoms with Crippen LogP contribution in [-0.2, 0) is 11.8 Å². The van der Waals surface area contributed by atoms with Crippen LogP contribution in [0.1, 0.15) is 18.4 Å². The molecule has 1 aliphatic heterocycles. The third-order valence-electron chi connectivity index (χ3n) is 6.91. The lowest BCUT2D eigenvalue weighted by Gasteiger charge is -2.17. The molecule has 0 amide bonds. The number of fused-ring (bicyclic) bond motifs is 2. The molecule has 0 radical (unpaired) electrons. The first-order valence-corrected chi connectivity index (χ1v) is 11.9. The van der Waals surface area contributed by atoms with E-state index in [1.54, 1.807) is 10.9 Å². The number of nitrogens with zero attached hydrogens (tertiary/aromatic N) is 6. The van der Waals surface area contributed by atoms with Crippen LogP contribution in [0, 0.1) is 18.7 Å². The summed E-state index contributed by atoms with van der Waals surface area (Å²) in [5.41, 5.74) is 4.74. The molecule has 9 heteroatoms. The molecule has 8 nitrogen and oxygen atoms in total. The largest absolute Gasteiger partial charge is 0.481 e. The van der Waals surface area contributed by atoms with Crippen molar-refractivity contribution in [1.82, 2.24) is 24.5 Å². The molecule has 1 fully saturated rings. The van der Waals surface area contributed by atoms with E-state index in [0.717, 1.165) is 46.3 Å². The summed E-state index contributed by atoms with van der Waals surface area (Å²) in [5, 5.41) is 20.2. The van der Waals surface area contributed by atoms with Crippen LogP contribution in [-0.4, -0.2) is 48.7 Å². The first kappa shape index (κ1) is 22.2. The molecule has 0 saturated carbocycles. The number of hydrogen-bond acceptors (Lipinski definition) is 5. The van der Waals surface area contributed by atoms with E-state index in [2.05, 4.69) is 15.0 Å². The molecule has 1 N–H and O–H groups in total. The van der Waals surface area contributed by atoms with Gasteiger partial charge in [-0.1, -0.05) is 18.2 Å². The number of hydrogen-bond donors (Lipinski definition) is 1. The van der Waals surface area contributed by atoms with E-state index < -0.39 is 5.97 Å². The highest BCUT2D eigenvalue weighted by molar-refractivity contribution is 6.03. The minimum atomic E-state index is -0.760. The zero-order valence-electron chi connectivity index (χ0n) is 20.0. The summed E-state index contributed by atoms with van der Waals surface area (Å²) in [4.78, 5) is 17.9. The summed E-state index contributed by atoms with van der Waals surface area (Å²) < 4.78 is 18.1. The van der Waals surface area contributed by atoms with Gasteiger partial charge >= 0.3 is 5.97 Å². The number of rotatable bonds is 5. The molecule has 0 bridgehead atoms. The van der Waals surface area contributed by atoms with Gasteiger partial charge < -0.3 is 10.0 Å². The van der Waals surface area contributed by atoms with Gasteiger partial charge in [-0.2, -0.15) is 10.2 Å². The van der Waals surface area contributed by atoms with Crippen molar-refractivity contribution < 1.29 is 14.3 Å². The highest BCUT2D eigenvalue weighted by atomic mass is 19.1. The smallest absolute Gasteiger partial charge is 0.303 e. The van der Waals surface area contributed by atoms with Crippen LogP contribution in [0.2, 0.25) is 0 Å². The van der Waals surface area contributed by atoms with E-state index >= 15 is 0 Å². The molecule has 0 spiro atoms. The van der Waals surface area contributed by atoms with E-state index in [1.807, 2.05) is 55.2 Å². The van der Waals surface area contributed by atoms with Crippen molar-refractivity contribution in [1.29, 1.82) is 0 Å². The minimum Gasteiger partial charge on any atom is -0.481 e. The highest BCUT2D eigenvalue weighted by Gasteiger charge is 2.25. The summed E-state index contributed by atoms with van der Waals surface area (Å²) in [6, 6.07) is 12.9. The number of carboxylic acids is 1. The number of carboxylic acid groups (broad SMARTS) is 1. The van der Waals surface area contributed by atoms with Gasteiger partial charge in [0.1, 0.15) is 17.3 Å². The van der Waals surface area contributed by atoms with Crippen molar-refractivity contribution in [3.05, 3.63) is 66.2 Å². The second-order valence-corrected chi connectivity index (χ2v) is 9.49. The molecular weight excluding hydrogens is 459 g/mol. The first-order valence-electron chi connectivity index (χ1n) is 11.9. The fraction of sp³-hybridized carbons (Fsp3) is 0.259. The van der Waals surface area contributed by atoms with Crippen LogP contribution in [0.5, 0.6) is 0 Å². The van der Waals surface area contributed by atoms with E-state index in [0.29, 0.717) is 23.3 Å². The van der Waals surface area contributed by atoms with Crippen LogP contribution >= 0.6 is 0 Å². The van der Waals surface area contributed by atoms with Crippen LogP contribution in [0.4, 0.5) is 10.2 Å². The van der Waals surface area contributed by atoms with Gasteiger partial charge in [-0.25, -0.2) is 14.1 Å². The Hall–Kier alpha value is -4.27. The lowest BCUT2D eigenvalue weighted by molar-refractivity contribution is -0.137. The maximum atomic E-state index is 14.6. The average molecular weight is 485 g/mol. The van der Waals surface area contributed by atoms with Crippen molar-refractivity contribution in [3.8, 4) is 16.9 Å². The van der Waals surface area contributed by atoms with Crippen LogP contribution in [0.25, 0.3) is 38.8 Å².